The third-order valence-corrected chi connectivity index (χ3v) is 7.38. The van der Waals surface area contributed by atoms with Crippen LogP contribution in [0.3, 0.4) is 0 Å². The molecule has 13 nitrogen and oxygen atoms in total. The minimum atomic E-state index is 0.474. The Bertz CT molecular complexity index is 1380. The summed E-state index contributed by atoms with van der Waals surface area (Å²) in [6, 6.07) is 24.0. The molecular weight excluding hydrogens is 602 g/mol. The summed E-state index contributed by atoms with van der Waals surface area (Å²) in [5, 5.41) is 9.98. The lowest BCUT2D eigenvalue weighted by atomic mass is 10.2. The first-order chi connectivity index (χ1) is 23.7. The van der Waals surface area contributed by atoms with E-state index in [1.807, 2.05) is 73.3 Å². The first-order valence-corrected chi connectivity index (χ1v) is 16.5. The van der Waals surface area contributed by atoms with Gasteiger partial charge in [-0.25, -0.2) is 0 Å². The van der Waals surface area contributed by atoms with Gasteiger partial charge in [-0.3, -0.25) is 29.7 Å². The van der Waals surface area contributed by atoms with Crippen LogP contribution in [0.25, 0.3) is 0 Å². The average molecular weight is 648 g/mol. The second kappa shape index (κ2) is 19.5. The lowest BCUT2D eigenvalue weighted by Gasteiger charge is -2.22. The number of nitrogens with two attached hydrogens (primary N) is 1. The highest BCUT2D eigenvalue weighted by Gasteiger charge is 2.12. The molecule has 0 spiro atoms. The molecular formula is C35H45N13. The summed E-state index contributed by atoms with van der Waals surface area (Å²) in [5.41, 5.74) is 9.85. The highest BCUT2D eigenvalue weighted by atomic mass is 15.3. The lowest BCUT2D eigenvalue weighted by molar-refractivity contribution is 0.250. The van der Waals surface area contributed by atoms with E-state index in [0.29, 0.717) is 44.0 Å². The first-order valence-electron chi connectivity index (χ1n) is 16.5. The van der Waals surface area contributed by atoms with Crippen molar-refractivity contribution in [1.29, 1.82) is 0 Å². The van der Waals surface area contributed by atoms with Crippen molar-refractivity contribution >= 4 is 17.8 Å². The molecule has 0 saturated carbocycles. The number of nitrogens with one attached hydrogen (secondary N) is 3. The van der Waals surface area contributed by atoms with Gasteiger partial charge >= 0.3 is 0 Å². The van der Waals surface area contributed by atoms with Gasteiger partial charge in [-0.15, -0.1) is 0 Å². The number of pyridine rings is 4. The summed E-state index contributed by atoms with van der Waals surface area (Å²) in [6.07, 6.45) is 9.08. The summed E-state index contributed by atoms with van der Waals surface area (Å²) in [7, 11) is 0. The van der Waals surface area contributed by atoms with Crippen LogP contribution < -0.4 is 21.7 Å². The maximum absolute atomic E-state index is 5.73. The zero-order valence-electron chi connectivity index (χ0n) is 27.3. The fraction of sp³-hybridized carbons (Fsp3) is 0.343. The molecule has 0 aromatic carbocycles. The number of nitrogens with zero attached hydrogens (tertiary/aromatic N) is 9. The van der Waals surface area contributed by atoms with Crippen molar-refractivity contribution in [3.63, 3.8) is 0 Å². The van der Waals surface area contributed by atoms with Crippen LogP contribution in [-0.4, -0.2) is 84.0 Å². The number of rotatable bonds is 21. The predicted octanol–water partition coefficient (Wildman–Crippen LogP) is 3.83. The average Bonchev–Trinajstić information content (AvgIpc) is 3.12. The van der Waals surface area contributed by atoms with Gasteiger partial charge in [-0.1, -0.05) is 24.3 Å². The normalized spacial score (nSPS) is 11.1. The Morgan fingerprint density at radius 2 is 0.792 bits per heavy atom. The number of anilines is 3. The van der Waals surface area contributed by atoms with E-state index in [1.54, 1.807) is 0 Å². The van der Waals surface area contributed by atoms with Crippen molar-refractivity contribution in [3.05, 3.63) is 120 Å². The first kappa shape index (κ1) is 34.2. The Morgan fingerprint density at radius 3 is 1.08 bits per heavy atom. The summed E-state index contributed by atoms with van der Waals surface area (Å²) in [5.74, 6) is 1.51. The van der Waals surface area contributed by atoms with E-state index in [2.05, 4.69) is 84.9 Å². The molecule has 0 aliphatic carbocycles. The van der Waals surface area contributed by atoms with Crippen molar-refractivity contribution in [3.8, 4) is 0 Å². The zero-order valence-corrected chi connectivity index (χ0v) is 27.3. The standard InChI is InChI=1S/C35H45N13/c36-15-22-43-35-45-33(41-20-9-23-47(25-29-11-1-5-16-37-29)26-30-12-2-6-17-38-30)44-34(46-35)42-21-10-24-48(27-31-13-3-7-18-39-31)28-32-14-4-8-19-40-32/h1-8,11-14,16-19H,9-10,15,20-28,36H2,(H3,41,42,43,44,45,46). The van der Waals surface area contributed by atoms with Crippen LogP contribution in [0.5, 0.6) is 0 Å². The lowest BCUT2D eigenvalue weighted by Crippen LogP contribution is -2.27. The van der Waals surface area contributed by atoms with Gasteiger partial charge in [-0.05, 0) is 61.4 Å². The molecule has 13 heteroatoms. The van der Waals surface area contributed by atoms with Crippen LogP contribution in [0.4, 0.5) is 17.8 Å². The van der Waals surface area contributed by atoms with Crippen LogP contribution in [0.15, 0.2) is 97.6 Å². The van der Waals surface area contributed by atoms with Gasteiger partial charge in [0.15, 0.2) is 0 Å². The Labute approximate surface area is 282 Å². The summed E-state index contributed by atoms with van der Waals surface area (Å²) < 4.78 is 0. The molecule has 0 aliphatic rings. The van der Waals surface area contributed by atoms with Crippen LogP contribution in [0, 0.1) is 0 Å². The summed E-state index contributed by atoms with van der Waals surface area (Å²) in [4.78, 5) is 36.6. The van der Waals surface area contributed by atoms with Gasteiger partial charge in [0.05, 0.1) is 22.8 Å². The van der Waals surface area contributed by atoms with Crippen molar-refractivity contribution in [1.82, 2.24) is 44.7 Å². The third-order valence-electron chi connectivity index (χ3n) is 7.38. The fourth-order valence-electron chi connectivity index (χ4n) is 5.11. The molecule has 5 aromatic rings. The topological polar surface area (TPSA) is 159 Å². The van der Waals surface area contributed by atoms with E-state index in [1.165, 1.54) is 0 Å². The van der Waals surface area contributed by atoms with E-state index in [4.69, 9.17) is 5.73 Å². The molecule has 5 heterocycles. The van der Waals surface area contributed by atoms with Gasteiger partial charge in [0.1, 0.15) is 0 Å². The Morgan fingerprint density at radius 1 is 0.458 bits per heavy atom. The SMILES string of the molecule is NCCNc1nc(NCCCN(Cc2ccccn2)Cc2ccccn2)nc(NCCCN(Cc2ccccn2)Cc2ccccn2)n1. The van der Waals surface area contributed by atoms with Crippen molar-refractivity contribution < 1.29 is 0 Å². The van der Waals surface area contributed by atoms with E-state index in [9.17, 15) is 0 Å². The van der Waals surface area contributed by atoms with Crippen LogP contribution in [0.1, 0.15) is 35.6 Å². The molecule has 0 radical (unpaired) electrons. The van der Waals surface area contributed by atoms with E-state index in [-0.39, 0.29) is 0 Å². The van der Waals surface area contributed by atoms with Crippen LogP contribution in [-0.2, 0) is 26.2 Å². The predicted molar refractivity (Wildman–Crippen MR) is 189 cm³/mol. The van der Waals surface area contributed by atoms with Gasteiger partial charge in [0, 0.05) is 90.2 Å². The molecule has 0 fully saturated rings. The van der Waals surface area contributed by atoms with Crippen molar-refractivity contribution in [2.75, 3.05) is 55.2 Å². The summed E-state index contributed by atoms with van der Waals surface area (Å²) in [6.45, 7) is 7.09. The second-order valence-electron chi connectivity index (χ2n) is 11.3. The zero-order chi connectivity index (χ0) is 33.1. The van der Waals surface area contributed by atoms with E-state index < -0.39 is 0 Å². The molecule has 48 heavy (non-hydrogen) atoms. The quantitative estimate of drug-likeness (QED) is 0.0853. The minimum absolute atomic E-state index is 0.474. The Hall–Kier alpha value is -5.11. The summed E-state index contributed by atoms with van der Waals surface area (Å²) >= 11 is 0. The Balaban J connectivity index is 1.14. The Kier molecular flexibility index (Phi) is 13.9. The van der Waals surface area contributed by atoms with Gasteiger partial charge in [-0.2, -0.15) is 15.0 Å². The molecule has 5 N–H and O–H groups in total. The highest BCUT2D eigenvalue weighted by molar-refractivity contribution is 5.42. The maximum atomic E-state index is 5.73. The van der Waals surface area contributed by atoms with Gasteiger partial charge in [0.2, 0.25) is 17.8 Å². The molecule has 5 aromatic heterocycles. The van der Waals surface area contributed by atoms with Crippen LogP contribution >= 0.6 is 0 Å². The van der Waals surface area contributed by atoms with Gasteiger partial charge in [0.25, 0.3) is 0 Å². The van der Waals surface area contributed by atoms with Gasteiger partial charge < -0.3 is 21.7 Å². The number of aromatic nitrogens is 7. The largest absolute Gasteiger partial charge is 0.354 e. The molecule has 250 valence electrons. The molecule has 0 unspecified atom stereocenters. The molecule has 0 aliphatic heterocycles. The second-order valence-corrected chi connectivity index (χ2v) is 11.3. The fourth-order valence-corrected chi connectivity index (χ4v) is 5.11. The highest BCUT2D eigenvalue weighted by Crippen LogP contribution is 2.12. The molecule has 0 atom stereocenters. The minimum Gasteiger partial charge on any atom is -0.354 e. The number of hydrogen-bond acceptors (Lipinski definition) is 13. The monoisotopic (exact) mass is 647 g/mol. The molecule has 0 amide bonds. The van der Waals surface area contributed by atoms with E-state index >= 15 is 0 Å². The molecule has 0 saturated heterocycles. The van der Waals surface area contributed by atoms with Crippen molar-refractivity contribution in [2.24, 2.45) is 5.73 Å². The third kappa shape index (κ3) is 12.2. The van der Waals surface area contributed by atoms with Crippen molar-refractivity contribution in [2.45, 2.75) is 39.0 Å². The molecule has 5 rings (SSSR count). The maximum Gasteiger partial charge on any atom is 0.229 e. The number of hydrogen-bond donors (Lipinski definition) is 4. The van der Waals surface area contributed by atoms with Crippen LogP contribution in [0.2, 0.25) is 0 Å². The van der Waals surface area contributed by atoms with E-state index in [0.717, 1.165) is 74.9 Å². The molecule has 0 bridgehead atoms. The smallest absolute Gasteiger partial charge is 0.229 e.